The van der Waals surface area contributed by atoms with Crippen molar-refractivity contribution in [2.45, 2.75) is 40.0 Å². The van der Waals surface area contributed by atoms with Gasteiger partial charge in [-0.2, -0.15) is 0 Å². The lowest BCUT2D eigenvalue weighted by molar-refractivity contribution is -0.114. The Bertz CT molecular complexity index is 149. The molecule has 1 nitrogen and oxygen atoms in total. The molecule has 1 rings (SSSR count). The molecule has 0 amide bonds. The molecule has 1 saturated carbocycles. The lowest BCUT2D eigenvalue weighted by Gasteiger charge is -2.36. The second-order valence-electron chi connectivity index (χ2n) is 4.68. The van der Waals surface area contributed by atoms with Crippen LogP contribution in [0.4, 0.5) is 0 Å². The van der Waals surface area contributed by atoms with Gasteiger partial charge in [0.15, 0.2) is 0 Å². The first-order valence-corrected chi connectivity index (χ1v) is 4.50. The van der Waals surface area contributed by atoms with E-state index in [1.807, 2.05) is 0 Å². The van der Waals surface area contributed by atoms with Crippen molar-refractivity contribution >= 4 is 6.29 Å². The molecule has 0 aliphatic heterocycles. The van der Waals surface area contributed by atoms with Crippen LogP contribution in [0.15, 0.2) is 0 Å². The number of hydrogen-bond donors (Lipinski definition) is 0. The van der Waals surface area contributed by atoms with Crippen molar-refractivity contribution in [3.8, 4) is 0 Å². The molecule has 2 atom stereocenters. The molecular formula is C10H18O. The summed E-state index contributed by atoms with van der Waals surface area (Å²) in [5.41, 5.74) is 0.471. The molecule has 0 aromatic rings. The molecule has 1 heteroatoms. The summed E-state index contributed by atoms with van der Waals surface area (Å²) in [7, 11) is 0. The van der Waals surface area contributed by atoms with Crippen LogP contribution in [0.25, 0.3) is 0 Å². The van der Waals surface area contributed by atoms with E-state index in [0.29, 0.717) is 17.3 Å². The summed E-state index contributed by atoms with van der Waals surface area (Å²) < 4.78 is 0. The van der Waals surface area contributed by atoms with Gasteiger partial charge in [0.25, 0.3) is 0 Å². The van der Waals surface area contributed by atoms with Crippen molar-refractivity contribution in [2.24, 2.45) is 17.3 Å². The van der Waals surface area contributed by atoms with E-state index in [2.05, 4.69) is 20.8 Å². The second-order valence-corrected chi connectivity index (χ2v) is 4.68. The third-order valence-corrected chi connectivity index (χ3v) is 2.93. The molecule has 1 aliphatic rings. The Morgan fingerprint density at radius 2 is 2.09 bits per heavy atom. The van der Waals surface area contributed by atoms with Gasteiger partial charge in [0.05, 0.1) is 0 Å². The summed E-state index contributed by atoms with van der Waals surface area (Å²) in [6.07, 6.45) is 4.65. The zero-order chi connectivity index (χ0) is 8.48. The number of carbonyl (C=O) groups excluding carboxylic acids is 1. The largest absolute Gasteiger partial charge is 0.303 e. The average molecular weight is 154 g/mol. The zero-order valence-corrected chi connectivity index (χ0v) is 7.76. The Kier molecular flexibility index (Phi) is 2.36. The van der Waals surface area contributed by atoms with Crippen LogP contribution in [0.2, 0.25) is 0 Å². The first kappa shape index (κ1) is 8.76. The van der Waals surface area contributed by atoms with Gasteiger partial charge in [0, 0.05) is 5.92 Å². The van der Waals surface area contributed by atoms with E-state index in [1.165, 1.54) is 12.8 Å². The van der Waals surface area contributed by atoms with Gasteiger partial charge in [0.1, 0.15) is 6.29 Å². The van der Waals surface area contributed by atoms with Gasteiger partial charge >= 0.3 is 0 Å². The zero-order valence-electron chi connectivity index (χ0n) is 7.76. The molecular weight excluding hydrogens is 136 g/mol. The fraction of sp³-hybridized carbons (Fsp3) is 0.900. The Labute approximate surface area is 69.2 Å². The number of rotatable bonds is 1. The van der Waals surface area contributed by atoms with Crippen molar-refractivity contribution in [1.29, 1.82) is 0 Å². The maximum absolute atomic E-state index is 10.6. The van der Waals surface area contributed by atoms with Crippen LogP contribution in [0, 0.1) is 17.3 Å². The van der Waals surface area contributed by atoms with Crippen LogP contribution in [0.5, 0.6) is 0 Å². The highest BCUT2D eigenvalue weighted by Crippen LogP contribution is 2.40. The fourth-order valence-corrected chi connectivity index (χ4v) is 2.17. The maximum atomic E-state index is 10.6. The van der Waals surface area contributed by atoms with E-state index in [-0.39, 0.29) is 0 Å². The summed E-state index contributed by atoms with van der Waals surface area (Å²) in [5.74, 6) is 0.930. The van der Waals surface area contributed by atoms with Gasteiger partial charge in [-0.3, -0.25) is 0 Å². The minimum Gasteiger partial charge on any atom is -0.303 e. The average Bonchev–Trinajstić information content (AvgIpc) is 1.86. The summed E-state index contributed by atoms with van der Waals surface area (Å²) >= 11 is 0. The summed E-state index contributed by atoms with van der Waals surface area (Å²) in [4.78, 5) is 10.6. The number of carbonyl (C=O) groups is 1. The summed E-state index contributed by atoms with van der Waals surface area (Å²) in [6, 6.07) is 0. The normalized spacial score (nSPS) is 36.6. The van der Waals surface area contributed by atoms with Crippen LogP contribution < -0.4 is 0 Å². The topological polar surface area (TPSA) is 17.1 Å². The van der Waals surface area contributed by atoms with Crippen molar-refractivity contribution in [3.63, 3.8) is 0 Å². The van der Waals surface area contributed by atoms with E-state index < -0.39 is 0 Å². The van der Waals surface area contributed by atoms with Crippen molar-refractivity contribution in [2.75, 3.05) is 0 Å². The Hall–Kier alpha value is -0.330. The fourth-order valence-electron chi connectivity index (χ4n) is 2.17. The summed E-state index contributed by atoms with van der Waals surface area (Å²) in [5, 5.41) is 0. The predicted molar refractivity (Wildman–Crippen MR) is 46.4 cm³/mol. The van der Waals surface area contributed by atoms with Crippen molar-refractivity contribution in [1.82, 2.24) is 0 Å². The SMILES string of the molecule is CC1CC(C)(C)CCC1C=O. The Morgan fingerprint density at radius 1 is 1.45 bits per heavy atom. The molecule has 0 spiro atoms. The van der Waals surface area contributed by atoms with E-state index in [0.717, 1.165) is 12.7 Å². The lowest BCUT2D eigenvalue weighted by atomic mass is 9.68. The molecule has 0 aromatic heterocycles. The van der Waals surface area contributed by atoms with Crippen LogP contribution in [0.3, 0.4) is 0 Å². The molecule has 11 heavy (non-hydrogen) atoms. The first-order valence-electron chi connectivity index (χ1n) is 4.50. The predicted octanol–water partition coefficient (Wildman–Crippen LogP) is 2.65. The summed E-state index contributed by atoms with van der Waals surface area (Å²) in [6.45, 7) is 6.79. The van der Waals surface area contributed by atoms with E-state index in [9.17, 15) is 4.79 Å². The van der Waals surface area contributed by atoms with Crippen LogP contribution in [-0.4, -0.2) is 6.29 Å². The number of hydrogen-bond acceptors (Lipinski definition) is 1. The number of aldehydes is 1. The van der Waals surface area contributed by atoms with E-state index in [1.54, 1.807) is 0 Å². The van der Waals surface area contributed by atoms with Gasteiger partial charge in [0.2, 0.25) is 0 Å². The molecule has 0 N–H and O–H groups in total. The molecule has 1 fully saturated rings. The molecule has 64 valence electrons. The lowest BCUT2D eigenvalue weighted by Crippen LogP contribution is -2.28. The van der Waals surface area contributed by atoms with Crippen LogP contribution >= 0.6 is 0 Å². The van der Waals surface area contributed by atoms with E-state index >= 15 is 0 Å². The highest BCUT2D eigenvalue weighted by atomic mass is 16.1. The van der Waals surface area contributed by atoms with Crippen molar-refractivity contribution in [3.05, 3.63) is 0 Å². The van der Waals surface area contributed by atoms with Crippen LogP contribution in [0.1, 0.15) is 40.0 Å². The van der Waals surface area contributed by atoms with Crippen molar-refractivity contribution < 1.29 is 4.79 Å². The Balaban J connectivity index is 2.54. The second kappa shape index (κ2) is 2.96. The quantitative estimate of drug-likeness (QED) is 0.531. The molecule has 0 radical (unpaired) electrons. The molecule has 1 aliphatic carbocycles. The molecule has 0 aromatic carbocycles. The standard InChI is InChI=1S/C10H18O/c1-8-6-10(2,3)5-4-9(8)7-11/h7-9H,4-6H2,1-3H3. The first-order chi connectivity index (χ1) is 5.05. The third kappa shape index (κ3) is 2.05. The smallest absolute Gasteiger partial charge is 0.123 e. The van der Waals surface area contributed by atoms with Gasteiger partial charge in [-0.25, -0.2) is 0 Å². The molecule has 2 unspecified atom stereocenters. The molecule has 0 heterocycles. The van der Waals surface area contributed by atoms with Gasteiger partial charge in [-0.1, -0.05) is 20.8 Å². The highest BCUT2D eigenvalue weighted by molar-refractivity contribution is 5.54. The minimum atomic E-state index is 0.336. The third-order valence-electron chi connectivity index (χ3n) is 2.93. The maximum Gasteiger partial charge on any atom is 0.123 e. The molecule has 0 bridgehead atoms. The molecule has 0 saturated heterocycles. The van der Waals surface area contributed by atoms with E-state index in [4.69, 9.17) is 0 Å². The highest BCUT2D eigenvalue weighted by Gasteiger charge is 2.31. The van der Waals surface area contributed by atoms with Crippen LogP contribution in [-0.2, 0) is 4.79 Å². The monoisotopic (exact) mass is 154 g/mol. The Morgan fingerprint density at radius 3 is 2.55 bits per heavy atom. The van der Waals surface area contributed by atoms with Gasteiger partial charge in [-0.05, 0) is 30.6 Å². The van der Waals surface area contributed by atoms with Gasteiger partial charge in [-0.15, -0.1) is 0 Å². The van der Waals surface area contributed by atoms with Gasteiger partial charge < -0.3 is 4.79 Å². The minimum absolute atomic E-state index is 0.336.